The molecule has 0 aliphatic rings. The molecule has 2 heterocycles. The Morgan fingerprint density at radius 2 is 1.79 bits per heavy atom. The van der Waals surface area contributed by atoms with Crippen LogP contribution in [0.2, 0.25) is 18.1 Å². The Hall–Kier alpha value is -2.58. The van der Waals surface area contributed by atoms with Gasteiger partial charge in [-0.1, -0.05) is 38.2 Å². The lowest BCUT2D eigenvalue weighted by Gasteiger charge is -2.36. The smallest absolute Gasteiger partial charge is 0.297 e. The van der Waals surface area contributed by atoms with Gasteiger partial charge in [0.15, 0.2) is 24.4 Å². The summed E-state index contributed by atoms with van der Waals surface area (Å²) >= 11 is 1.17. The zero-order valence-corrected chi connectivity index (χ0v) is 22.1. The highest BCUT2D eigenvalue weighted by molar-refractivity contribution is 7.86. The van der Waals surface area contributed by atoms with E-state index in [4.69, 9.17) is 8.61 Å². The third-order valence-electron chi connectivity index (χ3n) is 5.58. The average Bonchev–Trinajstić information content (AvgIpc) is 3.27. The molecule has 0 spiro atoms. The fourth-order valence-corrected chi connectivity index (χ4v) is 5.47. The molecule has 10 nitrogen and oxygen atoms in total. The van der Waals surface area contributed by atoms with E-state index in [9.17, 15) is 18.5 Å². The van der Waals surface area contributed by atoms with Gasteiger partial charge in [0.2, 0.25) is 0 Å². The van der Waals surface area contributed by atoms with Crippen LogP contribution in [0.15, 0.2) is 53.6 Å². The van der Waals surface area contributed by atoms with Crippen LogP contribution >= 0.6 is 11.3 Å². The second-order valence-corrected chi connectivity index (χ2v) is 16.4. The molecule has 13 heteroatoms. The molecule has 0 bridgehead atoms. The molecule has 34 heavy (non-hydrogen) atoms. The fraction of sp³-hybridized carbons (Fsp3) is 0.381. The highest BCUT2D eigenvalue weighted by Gasteiger charge is 2.39. The number of hydrogen-bond donors (Lipinski definition) is 0. The molecule has 0 amide bonds. The topological polar surface area (TPSA) is 134 Å². The highest BCUT2D eigenvalue weighted by Crippen LogP contribution is 2.38. The number of nitro benzene ring substituents is 1. The van der Waals surface area contributed by atoms with Crippen LogP contribution in [0, 0.1) is 10.1 Å². The molecule has 0 radical (unpaired) electrons. The Morgan fingerprint density at radius 3 is 2.35 bits per heavy atom. The lowest BCUT2D eigenvalue weighted by atomic mass is 10.2. The van der Waals surface area contributed by atoms with E-state index in [-0.39, 0.29) is 22.2 Å². The zero-order chi connectivity index (χ0) is 25.1. The van der Waals surface area contributed by atoms with Crippen LogP contribution in [-0.2, 0) is 18.7 Å². The molecule has 0 fully saturated rings. The Morgan fingerprint density at radius 1 is 1.12 bits per heavy atom. The van der Waals surface area contributed by atoms with Crippen molar-refractivity contribution in [2.75, 3.05) is 6.61 Å². The molecule has 0 saturated heterocycles. The van der Waals surface area contributed by atoms with Crippen LogP contribution in [0.4, 0.5) is 5.69 Å². The molecular formula is C21H26N4O6S2Si. The van der Waals surface area contributed by atoms with Crippen molar-refractivity contribution in [3.8, 4) is 10.7 Å². The summed E-state index contributed by atoms with van der Waals surface area (Å²) in [4.78, 5) is 14.3. The maximum atomic E-state index is 13.0. The van der Waals surface area contributed by atoms with Crippen LogP contribution in [0.1, 0.15) is 31.9 Å². The molecule has 0 N–H and O–H groups in total. The average molecular weight is 523 g/mol. The Balaban J connectivity index is 1.91. The summed E-state index contributed by atoms with van der Waals surface area (Å²) in [5.41, 5.74) is 0.384. The number of hydrogen-bond acceptors (Lipinski definition) is 10. The monoisotopic (exact) mass is 522 g/mol. The van der Waals surface area contributed by atoms with Crippen molar-refractivity contribution < 1.29 is 22.0 Å². The predicted molar refractivity (Wildman–Crippen MR) is 130 cm³/mol. The van der Waals surface area contributed by atoms with Gasteiger partial charge in [0.05, 0.1) is 16.4 Å². The summed E-state index contributed by atoms with van der Waals surface area (Å²) < 4.78 is 37.8. The van der Waals surface area contributed by atoms with Crippen molar-refractivity contribution in [3.63, 3.8) is 0 Å². The van der Waals surface area contributed by atoms with Gasteiger partial charge in [-0.05, 0) is 42.4 Å². The first-order chi connectivity index (χ1) is 15.8. The van der Waals surface area contributed by atoms with Crippen molar-refractivity contribution in [2.45, 2.75) is 49.9 Å². The van der Waals surface area contributed by atoms with Crippen LogP contribution < -0.4 is 0 Å². The fourth-order valence-electron chi connectivity index (χ4n) is 2.54. The normalized spacial score (nSPS) is 13.6. The SMILES string of the molecule is CC(C)(C)[Si](C)(C)OCC(OS(=O)(=O)c1ccc([N+](=O)[O-])cc1)c1nnc(-c2ccccn2)s1. The van der Waals surface area contributed by atoms with E-state index in [0.29, 0.717) is 15.7 Å². The van der Waals surface area contributed by atoms with E-state index in [2.05, 4.69) is 36.0 Å². The molecule has 1 aromatic carbocycles. The maximum Gasteiger partial charge on any atom is 0.297 e. The standard InChI is InChI=1S/C21H26N4O6S2Si/c1-21(2,3)34(4,5)30-14-18(20-24-23-19(32-20)17-8-6-7-13-22-17)31-33(28,29)16-11-9-15(10-12-16)25(26)27/h6-13,18H,14H2,1-5H3. The summed E-state index contributed by atoms with van der Waals surface area (Å²) in [5.74, 6) is 0. The van der Waals surface area contributed by atoms with Crippen molar-refractivity contribution >= 4 is 35.5 Å². The number of aromatic nitrogens is 3. The summed E-state index contributed by atoms with van der Waals surface area (Å²) in [6, 6.07) is 9.87. The highest BCUT2D eigenvalue weighted by atomic mass is 32.2. The summed E-state index contributed by atoms with van der Waals surface area (Å²) in [6.45, 7) is 10.3. The van der Waals surface area contributed by atoms with Crippen LogP contribution in [0.25, 0.3) is 10.7 Å². The second kappa shape index (κ2) is 9.96. The number of non-ortho nitro benzene ring substituents is 1. The number of benzene rings is 1. The third kappa shape index (κ3) is 6.10. The molecule has 3 rings (SSSR count). The van der Waals surface area contributed by atoms with E-state index < -0.39 is 29.5 Å². The van der Waals surface area contributed by atoms with Crippen molar-refractivity contribution in [1.29, 1.82) is 0 Å². The molecule has 3 aromatic rings. The molecule has 0 aliphatic carbocycles. The predicted octanol–water partition coefficient (Wildman–Crippen LogP) is 4.98. The number of nitrogens with zero attached hydrogens (tertiary/aromatic N) is 4. The van der Waals surface area contributed by atoms with Crippen molar-refractivity contribution in [2.24, 2.45) is 0 Å². The Bertz CT molecular complexity index is 1240. The van der Waals surface area contributed by atoms with Crippen LogP contribution in [0.3, 0.4) is 0 Å². The quantitative estimate of drug-likeness (QED) is 0.165. The summed E-state index contributed by atoms with van der Waals surface area (Å²) in [6.07, 6.45) is 0.577. The Labute approximate surface area is 203 Å². The van der Waals surface area contributed by atoms with E-state index in [0.717, 1.165) is 24.3 Å². The molecule has 0 aliphatic heterocycles. The number of pyridine rings is 1. The minimum Gasteiger partial charge on any atom is -0.414 e. The first-order valence-electron chi connectivity index (χ1n) is 10.4. The van der Waals surface area contributed by atoms with Gasteiger partial charge in [-0.3, -0.25) is 19.3 Å². The summed E-state index contributed by atoms with van der Waals surface area (Å²) in [7, 11) is -6.51. The molecule has 2 aromatic heterocycles. The van der Waals surface area contributed by atoms with Gasteiger partial charge in [-0.15, -0.1) is 10.2 Å². The lowest BCUT2D eigenvalue weighted by Crippen LogP contribution is -2.42. The summed E-state index contributed by atoms with van der Waals surface area (Å²) in [5, 5.41) is 19.9. The van der Waals surface area contributed by atoms with Gasteiger partial charge in [0.25, 0.3) is 15.8 Å². The largest absolute Gasteiger partial charge is 0.414 e. The van der Waals surface area contributed by atoms with E-state index >= 15 is 0 Å². The third-order valence-corrected chi connectivity index (χ3v) is 12.5. The molecular weight excluding hydrogens is 496 g/mol. The molecule has 182 valence electrons. The number of nitro groups is 1. The molecule has 1 atom stereocenters. The van der Waals surface area contributed by atoms with Gasteiger partial charge in [0, 0.05) is 18.3 Å². The minimum absolute atomic E-state index is 0.0421. The molecule has 0 saturated carbocycles. The van der Waals surface area contributed by atoms with Gasteiger partial charge < -0.3 is 4.43 Å². The van der Waals surface area contributed by atoms with Gasteiger partial charge >= 0.3 is 0 Å². The lowest BCUT2D eigenvalue weighted by molar-refractivity contribution is -0.384. The van der Waals surface area contributed by atoms with Crippen LogP contribution in [0.5, 0.6) is 0 Å². The van der Waals surface area contributed by atoms with E-state index in [1.807, 2.05) is 19.2 Å². The minimum atomic E-state index is -4.27. The van der Waals surface area contributed by atoms with Gasteiger partial charge in [0.1, 0.15) is 5.69 Å². The van der Waals surface area contributed by atoms with E-state index in [1.54, 1.807) is 18.3 Å². The molecule has 1 unspecified atom stereocenters. The first kappa shape index (κ1) is 26.0. The second-order valence-electron chi connectivity index (χ2n) is 9.02. The van der Waals surface area contributed by atoms with Gasteiger partial charge in [-0.2, -0.15) is 8.42 Å². The van der Waals surface area contributed by atoms with Gasteiger partial charge in [-0.25, -0.2) is 0 Å². The Kier molecular flexibility index (Phi) is 7.62. The van der Waals surface area contributed by atoms with E-state index in [1.165, 1.54) is 11.3 Å². The van der Waals surface area contributed by atoms with Crippen molar-refractivity contribution in [1.82, 2.24) is 15.2 Å². The zero-order valence-electron chi connectivity index (χ0n) is 19.5. The maximum absolute atomic E-state index is 13.0. The van der Waals surface area contributed by atoms with Crippen LogP contribution in [-0.4, -0.2) is 43.4 Å². The van der Waals surface area contributed by atoms with Crippen molar-refractivity contribution in [3.05, 3.63) is 63.8 Å². The number of rotatable bonds is 9. The first-order valence-corrected chi connectivity index (χ1v) is 15.5.